The topological polar surface area (TPSA) is 54.5 Å². The van der Waals surface area contributed by atoms with Gasteiger partial charge in [-0.2, -0.15) is 0 Å². The zero-order chi connectivity index (χ0) is 15.6. The minimum atomic E-state index is -0.136. The monoisotopic (exact) mass is 311 g/mol. The number of amides is 1. The number of benzene rings is 1. The van der Waals surface area contributed by atoms with E-state index in [4.69, 9.17) is 4.74 Å². The number of ether oxygens (including phenoxy) is 1. The maximum absolute atomic E-state index is 12.8. The average Bonchev–Trinajstić information content (AvgIpc) is 2.97. The number of carbonyl (C=O) groups excluding carboxylic acids is 1. The Hall–Kier alpha value is -2.14. The molecule has 3 heterocycles. The van der Waals surface area contributed by atoms with Crippen molar-refractivity contribution in [3.63, 3.8) is 0 Å². The summed E-state index contributed by atoms with van der Waals surface area (Å²) in [7, 11) is 0. The largest absolute Gasteiger partial charge is 0.381 e. The van der Waals surface area contributed by atoms with E-state index in [0.29, 0.717) is 6.04 Å². The highest BCUT2D eigenvalue weighted by Gasteiger charge is 2.36. The molecule has 1 unspecified atom stereocenters. The SMILES string of the molecule is O=C1C(Nc2ccnc3ccccc23)CCN1C1CCOCC1. The number of nitrogens with zero attached hydrogens (tertiary/aromatic N) is 2. The summed E-state index contributed by atoms with van der Waals surface area (Å²) in [6.45, 7) is 2.37. The van der Waals surface area contributed by atoms with Crippen molar-refractivity contribution in [2.75, 3.05) is 25.1 Å². The Morgan fingerprint density at radius 1 is 1.13 bits per heavy atom. The summed E-state index contributed by atoms with van der Waals surface area (Å²) in [6, 6.07) is 10.2. The number of carbonyl (C=O) groups is 1. The van der Waals surface area contributed by atoms with Gasteiger partial charge >= 0.3 is 0 Å². The molecule has 4 rings (SSSR count). The van der Waals surface area contributed by atoms with E-state index in [0.717, 1.165) is 55.6 Å². The summed E-state index contributed by atoms with van der Waals surface area (Å²) in [5, 5.41) is 4.50. The highest BCUT2D eigenvalue weighted by molar-refractivity contribution is 5.94. The Balaban J connectivity index is 1.52. The van der Waals surface area contributed by atoms with E-state index in [1.807, 2.05) is 35.2 Å². The van der Waals surface area contributed by atoms with Gasteiger partial charge in [-0.25, -0.2) is 0 Å². The van der Waals surface area contributed by atoms with Gasteiger partial charge in [0.2, 0.25) is 5.91 Å². The molecule has 5 heteroatoms. The molecule has 0 aliphatic carbocycles. The number of hydrogen-bond donors (Lipinski definition) is 1. The van der Waals surface area contributed by atoms with E-state index in [1.54, 1.807) is 6.20 Å². The van der Waals surface area contributed by atoms with E-state index in [-0.39, 0.29) is 11.9 Å². The van der Waals surface area contributed by atoms with Crippen molar-refractivity contribution in [1.82, 2.24) is 9.88 Å². The second kappa shape index (κ2) is 6.16. The highest BCUT2D eigenvalue weighted by Crippen LogP contribution is 2.26. The first-order chi connectivity index (χ1) is 11.3. The van der Waals surface area contributed by atoms with E-state index < -0.39 is 0 Å². The molecule has 1 aromatic heterocycles. The number of anilines is 1. The molecule has 5 nitrogen and oxygen atoms in total. The van der Waals surface area contributed by atoms with Crippen LogP contribution in [0.3, 0.4) is 0 Å². The minimum Gasteiger partial charge on any atom is -0.381 e. The van der Waals surface area contributed by atoms with Crippen LogP contribution in [0.25, 0.3) is 10.9 Å². The van der Waals surface area contributed by atoms with Crippen molar-refractivity contribution in [2.24, 2.45) is 0 Å². The lowest BCUT2D eigenvalue weighted by Crippen LogP contribution is -2.43. The molecule has 2 aliphatic heterocycles. The second-order valence-electron chi connectivity index (χ2n) is 6.24. The van der Waals surface area contributed by atoms with Gasteiger partial charge in [0.1, 0.15) is 6.04 Å². The first-order valence-electron chi connectivity index (χ1n) is 8.31. The van der Waals surface area contributed by atoms with Gasteiger partial charge in [-0.1, -0.05) is 18.2 Å². The molecular formula is C18H21N3O2. The Bertz CT molecular complexity index is 707. The Morgan fingerprint density at radius 2 is 1.96 bits per heavy atom. The first kappa shape index (κ1) is 14.5. The van der Waals surface area contributed by atoms with E-state index >= 15 is 0 Å². The lowest BCUT2D eigenvalue weighted by atomic mass is 10.1. The molecule has 1 amide bonds. The molecule has 1 atom stereocenters. The standard InChI is InChI=1S/C18H21N3O2/c22-18-17(6-10-21(18)13-7-11-23-12-8-13)20-16-5-9-19-15-4-2-1-3-14(15)16/h1-5,9,13,17H,6-8,10-12H2,(H,19,20). The van der Waals surface area contributed by atoms with Crippen LogP contribution in [-0.4, -0.2) is 47.6 Å². The Labute approximate surface area is 135 Å². The molecule has 1 aromatic carbocycles. The second-order valence-corrected chi connectivity index (χ2v) is 6.24. The van der Waals surface area contributed by atoms with E-state index in [2.05, 4.69) is 10.3 Å². The minimum absolute atomic E-state index is 0.136. The number of likely N-dealkylation sites (tertiary alicyclic amines) is 1. The van der Waals surface area contributed by atoms with Crippen LogP contribution < -0.4 is 5.32 Å². The fourth-order valence-corrected chi connectivity index (χ4v) is 3.60. The van der Waals surface area contributed by atoms with Crippen LogP contribution in [0.15, 0.2) is 36.5 Å². The smallest absolute Gasteiger partial charge is 0.245 e. The predicted octanol–water partition coefficient (Wildman–Crippen LogP) is 2.43. The number of hydrogen-bond acceptors (Lipinski definition) is 4. The molecule has 0 radical (unpaired) electrons. The molecule has 120 valence electrons. The summed E-state index contributed by atoms with van der Waals surface area (Å²) < 4.78 is 5.40. The van der Waals surface area contributed by atoms with E-state index in [1.165, 1.54) is 0 Å². The van der Waals surface area contributed by atoms with Crippen LogP contribution in [0.1, 0.15) is 19.3 Å². The van der Waals surface area contributed by atoms with Crippen LogP contribution in [0.2, 0.25) is 0 Å². The Morgan fingerprint density at radius 3 is 2.83 bits per heavy atom. The number of nitrogens with one attached hydrogen (secondary N) is 1. The van der Waals surface area contributed by atoms with Gasteiger partial charge in [0.25, 0.3) is 0 Å². The van der Waals surface area contributed by atoms with Crippen LogP contribution in [0, 0.1) is 0 Å². The van der Waals surface area contributed by atoms with Crippen LogP contribution in [-0.2, 0) is 9.53 Å². The molecule has 0 spiro atoms. The van der Waals surface area contributed by atoms with Gasteiger partial charge in [-0.05, 0) is 31.4 Å². The molecular weight excluding hydrogens is 290 g/mol. The van der Waals surface area contributed by atoms with Crippen molar-refractivity contribution in [2.45, 2.75) is 31.3 Å². The molecule has 0 saturated carbocycles. The van der Waals surface area contributed by atoms with Crippen molar-refractivity contribution in [3.05, 3.63) is 36.5 Å². The van der Waals surface area contributed by atoms with Gasteiger partial charge in [0.15, 0.2) is 0 Å². The molecule has 2 fully saturated rings. The van der Waals surface area contributed by atoms with Crippen molar-refractivity contribution < 1.29 is 9.53 Å². The third-order valence-corrected chi connectivity index (χ3v) is 4.85. The maximum Gasteiger partial charge on any atom is 0.245 e. The number of fused-ring (bicyclic) bond motifs is 1. The number of para-hydroxylation sites is 1. The summed E-state index contributed by atoms with van der Waals surface area (Å²) in [5.74, 6) is 0.220. The zero-order valence-corrected chi connectivity index (χ0v) is 13.1. The molecule has 2 saturated heterocycles. The maximum atomic E-state index is 12.8. The molecule has 2 aromatic rings. The van der Waals surface area contributed by atoms with Crippen molar-refractivity contribution >= 4 is 22.5 Å². The summed E-state index contributed by atoms with van der Waals surface area (Å²) in [5.41, 5.74) is 1.94. The lowest BCUT2D eigenvalue weighted by molar-refractivity contribution is -0.131. The summed E-state index contributed by atoms with van der Waals surface area (Å²) in [6.07, 6.45) is 4.56. The third-order valence-electron chi connectivity index (χ3n) is 4.85. The number of pyridine rings is 1. The third kappa shape index (κ3) is 2.77. The molecule has 1 N–H and O–H groups in total. The highest BCUT2D eigenvalue weighted by atomic mass is 16.5. The van der Waals surface area contributed by atoms with Gasteiger partial charge in [-0.3, -0.25) is 9.78 Å². The zero-order valence-electron chi connectivity index (χ0n) is 13.1. The average molecular weight is 311 g/mol. The molecule has 23 heavy (non-hydrogen) atoms. The number of aromatic nitrogens is 1. The van der Waals surface area contributed by atoms with Crippen LogP contribution in [0.4, 0.5) is 5.69 Å². The lowest BCUT2D eigenvalue weighted by Gasteiger charge is -2.31. The van der Waals surface area contributed by atoms with Gasteiger partial charge in [-0.15, -0.1) is 0 Å². The first-order valence-corrected chi connectivity index (χ1v) is 8.31. The summed E-state index contributed by atoms with van der Waals surface area (Å²) >= 11 is 0. The summed E-state index contributed by atoms with van der Waals surface area (Å²) in [4.78, 5) is 19.2. The van der Waals surface area contributed by atoms with Crippen molar-refractivity contribution in [3.8, 4) is 0 Å². The van der Waals surface area contributed by atoms with Crippen LogP contribution in [0.5, 0.6) is 0 Å². The van der Waals surface area contributed by atoms with Crippen LogP contribution >= 0.6 is 0 Å². The molecule has 0 bridgehead atoms. The fourth-order valence-electron chi connectivity index (χ4n) is 3.60. The number of rotatable bonds is 3. The fraction of sp³-hybridized carbons (Fsp3) is 0.444. The molecule has 2 aliphatic rings. The van der Waals surface area contributed by atoms with Gasteiger partial charge in [0, 0.05) is 43.1 Å². The van der Waals surface area contributed by atoms with Gasteiger partial charge < -0.3 is 15.0 Å². The quantitative estimate of drug-likeness (QED) is 0.946. The van der Waals surface area contributed by atoms with Gasteiger partial charge in [0.05, 0.1) is 5.52 Å². The van der Waals surface area contributed by atoms with E-state index in [9.17, 15) is 4.79 Å². The Kier molecular flexibility index (Phi) is 3.87. The normalized spacial score (nSPS) is 22.7. The predicted molar refractivity (Wildman–Crippen MR) is 89.3 cm³/mol. The van der Waals surface area contributed by atoms with Crippen molar-refractivity contribution in [1.29, 1.82) is 0 Å².